The lowest BCUT2D eigenvalue weighted by Gasteiger charge is -2.44. The number of thiophene rings is 1. The molecule has 1 aromatic heterocycles. The molecule has 1 aliphatic carbocycles. The summed E-state index contributed by atoms with van der Waals surface area (Å²) >= 11 is 9.33. The Hall–Kier alpha value is -1.21. The van der Waals surface area contributed by atoms with Gasteiger partial charge in [0, 0.05) is 28.5 Å². The molecule has 1 aliphatic heterocycles. The van der Waals surface area contributed by atoms with Crippen molar-refractivity contribution in [3.05, 3.63) is 45.1 Å². The van der Waals surface area contributed by atoms with Crippen molar-refractivity contribution in [3.63, 3.8) is 0 Å². The van der Waals surface area contributed by atoms with Crippen molar-refractivity contribution in [3.8, 4) is 5.75 Å². The number of nitrogens with one attached hydrogen (secondary N) is 1. The smallest absolute Gasteiger partial charge is 0.255 e. The number of carbonyl (C=O) groups excluding carboxylic acids is 1. The highest BCUT2D eigenvalue weighted by molar-refractivity contribution is 7.99. The molecule has 0 radical (unpaired) electrons. The fraction of sp³-hybridized carbons (Fsp3) is 0.476. The van der Waals surface area contributed by atoms with Crippen molar-refractivity contribution in [2.24, 2.45) is 5.41 Å². The van der Waals surface area contributed by atoms with Crippen LogP contribution in [0, 0.1) is 5.41 Å². The molecule has 1 amide bonds. The van der Waals surface area contributed by atoms with Gasteiger partial charge in [-0.05, 0) is 42.7 Å². The van der Waals surface area contributed by atoms with E-state index >= 15 is 0 Å². The first-order chi connectivity index (χ1) is 13.5. The fourth-order valence-corrected chi connectivity index (χ4v) is 7.00. The number of benzene rings is 1. The van der Waals surface area contributed by atoms with Gasteiger partial charge in [0.25, 0.3) is 5.91 Å². The third-order valence-electron chi connectivity index (χ3n) is 6.14. The predicted molar refractivity (Wildman–Crippen MR) is 115 cm³/mol. The van der Waals surface area contributed by atoms with Gasteiger partial charge in [-0.25, -0.2) is 0 Å². The molecule has 0 bridgehead atoms. The number of carbonyl (C=O) groups is 1. The molecular formula is C21H24ClNO3S2. The molecule has 4 rings (SSSR count). The molecule has 0 saturated heterocycles. The number of aliphatic hydroxyl groups is 1. The van der Waals surface area contributed by atoms with Gasteiger partial charge in [0.1, 0.15) is 4.34 Å². The molecule has 1 saturated carbocycles. The zero-order valence-electron chi connectivity index (χ0n) is 15.7. The molecule has 1 unspecified atom stereocenters. The largest absolute Gasteiger partial charge is 0.493 e. The molecule has 150 valence electrons. The van der Waals surface area contributed by atoms with Crippen molar-refractivity contribution < 1.29 is 14.6 Å². The molecule has 2 heterocycles. The molecule has 2 aromatic rings. The summed E-state index contributed by atoms with van der Waals surface area (Å²) in [6, 6.07) is 8.58. The Labute approximate surface area is 178 Å². The van der Waals surface area contributed by atoms with E-state index in [2.05, 4.69) is 29.6 Å². The highest BCUT2D eigenvalue weighted by atomic mass is 35.5. The highest BCUT2D eigenvalue weighted by Crippen LogP contribution is 2.54. The van der Waals surface area contributed by atoms with Gasteiger partial charge >= 0.3 is 0 Å². The van der Waals surface area contributed by atoms with Crippen molar-refractivity contribution >= 4 is 40.6 Å². The summed E-state index contributed by atoms with van der Waals surface area (Å²) in [6.45, 7) is 0.592. The highest BCUT2D eigenvalue weighted by Gasteiger charge is 2.45. The van der Waals surface area contributed by atoms with Crippen LogP contribution in [-0.4, -0.2) is 36.5 Å². The number of hydrogen-bond donors (Lipinski definition) is 2. The first-order valence-electron chi connectivity index (χ1n) is 9.53. The van der Waals surface area contributed by atoms with Crippen LogP contribution in [0.25, 0.3) is 0 Å². The summed E-state index contributed by atoms with van der Waals surface area (Å²) in [5, 5.41) is 15.0. The fourth-order valence-electron chi connectivity index (χ4n) is 4.52. The summed E-state index contributed by atoms with van der Waals surface area (Å²) in [6.07, 6.45) is 3.16. The average molecular weight is 438 g/mol. The van der Waals surface area contributed by atoms with Gasteiger partial charge < -0.3 is 15.2 Å². The van der Waals surface area contributed by atoms with E-state index in [1.165, 1.54) is 28.9 Å². The second kappa shape index (κ2) is 8.27. The summed E-state index contributed by atoms with van der Waals surface area (Å²) in [4.78, 5) is 14.2. The average Bonchev–Trinajstić information content (AvgIpc) is 3.31. The second-order valence-electron chi connectivity index (χ2n) is 7.63. The monoisotopic (exact) mass is 437 g/mol. The van der Waals surface area contributed by atoms with Crippen molar-refractivity contribution in [1.82, 2.24) is 5.32 Å². The van der Waals surface area contributed by atoms with E-state index in [1.54, 1.807) is 5.38 Å². The van der Waals surface area contributed by atoms with E-state index in [4.69, 9.17) is 16.3 Å². The van der Waals surface area contributed by atoms with Crippen LogP contribution in [0.1, 0.15) is 47.5 Å². The Morgan fingerprint density at radius 3 is 2.86 bits per heavy atom. The van der Waals surface area contributed by atoms with Crippen LogP contribution in [0.2, 0.25) is 4.34 Å². The molecular weight excluding hydrogens is 414 g/mol. The minimum Gasteiger partial charge on any atom is -0.493 e. The number of rotatable bonds is 5. The van der Waals surface area contributed by atoms with Crippen molar-refractivity contribution in [1.29, 1.82) is 0 Å². The van der Waals surface area contributed by atoms with Crippen LogP contribution < -0.4 is 10.1 Å². The van der Waals surface area contributed by atoms with Crippen LogP contribution in [0.15, 0.2) is 34.5 Å². The molecule has 4 nitrogen and oxygen atoms in total. The van der Waals surface area contributed by atoms with Crippen LogP contribution in [-0.2, 0) is 0 Å². The number of fused-ring (bicyclic) bond motifs is 1. The molecule has 2 aliphatic rings. The Morgan fingerprint density at radius 1 is 1.36 bits per heavy atom. The zero-order chi connectivity index (χ0) is 19.7. The van der Waals surface area contributed by atoms with E-state index in [0.29, 0.717) is 28.1 Å². The number of aliphatic hydroxyl groups excluding tert-OH is 1. The summed E-state index contributed by atoms with van der Waals surface area (Å²) in [5.74, 6) is 1.71. The Morgan fingerprint density at radius 2 is 2.11 bits per heavy atom. The SMILES string of the molecule is COc1c(C(=O)NC[C@]2(C3CSc4ccccc43)CC[C@H](O)CC2)csc1Cl. The van der Waals surface area contributed by atoms with E-state index in [0.717, 1.165) is 31.4 Å². The number of ether oxygens (including phenoxy) is 1. The Bertz CT molecular complexity index is 861. The summed E-state index contributed by atoms with van der Waals surface area (Å²) in [5.41, 5.74) is 1.83. The molecule has 1 fully saturated rings. The van der Waals surface area contributed by atoms with Gasteiger partial charge in [0.05, 0.1) is 18.8 Å². The molecule has 28 heavy (non-hydrogen) atoms. The summed E-state index contributed by atoms with van der Waals surface area (Å²) < 4.78 is 5.79. The maximum absolute atomic E-state index is 12.8. The minimum atomic E-state index is -0.232. The topological polar surface area (TPSA) is 58.6 Å². The van der Waals surface area contributed by atoms with E-state index in [1.807, 2.05) is 11.8 Å². The lowest BCUT2D eigenvalue weighted by Crippen LogP contribution is -2.45. The van der Waals surface area contributed by atoms with Gasteiger partial charge in [0.15, 0.2) is 5.75 Å². The van der Waals surface area contributed by atoms with E-state index in [9.17, 15) is 9.90 Å². The minimum absolute atomic E-state index is 0.0401. The Balaban J connectivity index is 1.57. The van der Waals surface area contributed by atoms with Crippen LogP contribution in [0.4, 0.5) is 0 Å². The van der Waals surface area contributed by atoms with Crippen LogP contribution in [0.3, 0.4) is 0 Å². The number of halogens is 1. The van der Waals surface area contributed by atoms with Gasteiger partial charge in [-0.3, -0.25) is 4.79 Å². The predicted octanol–water partition coefficient (Wildman–Crippen LogP) is 4.95. The molecule has 1 atom stereocenters. The number of hydrogen-bond acceptors (Lipinski definition) is 5. The standard InChI is InChI=1S/C21H24ClNO3S2/c1-26-18-15(10-28-19(18)22)20(25)23-12-21(8-6-13(24)7-9-21)16-11-27-17-5-3-2-4-14(16)17/h2-5,10,13,16,24H,6-9,11-12H2,1H3,(H,23,25)/t13-,16?,21-. The lowest BCUT2D eigenvalue weighted by molar-refractivity contribution is 0.0482. The van der Waals surface area contributed by atoms with Gasteiger partial charge in [-0.1, -0.05) is 29.8 Å². The van der Waals surface area contributed by atoms with Gasteiger partial charge in [0.2, 0.25) is 0 Å². The number of amides is 1. The molecule has 2 N–H and O–H groups in total. The van der Waals surface area contributed by atoms with Gasteiger partial charge in [-0.15, -0.1) is 23.1 Å². The van der Waals surface area contributed by atoms with Gasteiger partial charge in [-0.2, -0.15) is 0 Å². The lowest BCUT2D eigenvalue weighted by atomic mass is 9.63. The quantitative estimate of drug-likeness (QED) is 0.694. The normalized spacial score (nSPS) is 26.7. The third-order valence-corrected chi connectivity index (χ3v) is 8.51. The molecule has 0 spiro atoms. The van der Waals surface area contributed by atoms with Crippen molar-refractivity contribution in [2.45, 2.75) is 42.6 Å². The van der Waals surface area contributed by atoms with Crippen molar-refractivity contribution in [2.75, 3.05) is 19.4 Å². The number of methoxy groups -OCH3 is 1. The first-order valence-corrected chi connectivity index (χ1v) is 11.8. The number of thioether (sulfide) groups is 1. The maximum atomic E-state index is 12.8. The summed E-state index contributed by atoms with van der Waals surface area (Å²) in [7, 11) is 1.53. The van der Waals surface area contributed by atoms with Crippen LogP contribution >= 0.6 is 34.7 Å². The molecule has 1 aromatic carbocycles. The second-order valence-corrected chi connectivity index (χ2v) is 10.2. The zero-order valence-corrected chi connectivity index (χ0v) is 18.1. The van der Waals surface area contributed by atoms with E-state index < -0.39 is 0 Å². The molecule has 7 heteroatoms. The van der Waals surface area contributed by atoms with Crippen LogP contribution in [0.5, 0.6) is 5.75 Å². The first kappa shape index (κ1) is 20.1. The maximum Gasteiger partial charge on any atom is 0.255 e. The van der Waals surface area contributed by atoms with E-state index in [-0.39, 0.29) is 17.4 Å². The third kappa shape index (κ3) is 3.67. The Kier molecular flexibility index (Phi) is 5.93.